The predicted molar refractivity (Wildman–Crippen MR) is 93.6 cm³/mol. The van der Waals surface area contributed by atoms with Crippen molar-refractivity contribution in [2.45, 2.75) is 44.8 Å². The number of pyridine rings is 1. The lowest BCUT2D eigenvalue weighted by Crippen LogP contribution is -2.41. The Balaban J connectivity index is 1.61. The highest BCUT2D eigenvalue weighted by Gasteiger charge is 2.38. The zero-order chi connectivity index (χ0) is 18.7. The summed E-state index contributed by atoms with van der Waals surface area (Å²) in [7, 11) is 0. The number of Topliss-reactive ketones (excluding diaryl/α,β-unsaturated/α-hetero) is 1. The third-order valence-electron chi connectivity index (χ3n) is 4.42. The molecule has 0 aromatic carbocycles. The number of hydrogen-bond acceptors (Lipinski definition) is 6. The van der Waals surface area contributed by atoms with Gasteiger partial charge < -0.3 is 14.5 Å². The first kappa shape index (κ1) is 18.5. The Labute approximate surface area is 155 Å². The first-order valence-electron chi connectivity index (χ1n) is 8.45. The van der Waals surface area contributed by atoms with Crippen molar-refractivity contribution in [1.82, 2.24) is 15.0 Å². The summed E-state index contributed by atoms with van der Waals surface area (Å²) in [5.41, 5.74) is 1.59. The SMILES string of the molecule is Cc1cc(CC(=O)N2C[C@H](O)C[C@H]2C(=O)CCc2ccc(Cl)nc2)on1. The highest BCUT2D eigenvalue weighted by atomic mass is 35.5. The van der Waals surface area contributed by atoms with Gasteiger partial charge in [-0.25, -0.2) is 4.98 Å². The highest BCUT2D eigenvalue weighted by molar-refractivity contribution is 6.29. The van der Waals surface area contributed by atoms with E-state index in [1.807, 2.05) is 6.07 Å². The maximum absolute atomic E-state index is 12.6. The van der Waals surface area contributed by atoms with Crippen molar-refractivity contribution in [3.8, 4) is 0 Å². The number of halogens is 1. The maximum Gasteiger partial charge on any atom is 0.231 e. The molecule has 1 aliphatic heterocycles. The van der Waals surface area contributed by atoms with Gasteiger partial charge in [0.25, 0.3) is 0 Å². The van der Waals surface area contributed by atoms with Crippen LogP contribution in [0.15, 0.2) is 28.9 Å². The smallest absolute Gasteiger partial charge is 0.231 e. The number of aryl methyl sites for hydroxylation is 2. The van der Waals surface area contributed by atoms with Gasteiger partial charge in [-0.15, -0.1) is 0 Å². The summed E-state index contributed by atoms with van der Waals surface area (Å²) in [6, 6.07) is 4.58. The Morgan fingerprint density at radius 2 is 2.23 bits per heavy atom. The molecule has 3 rings (SSSR count). The van der Waals surface area contributed by atoms with E-state index >= 15 is 0 Å². The zero-order valence-electron chi connectivity index (χ0n) is 14.4. The number of carbonyl (C=O) groups excluding carboxylic acids is 2. The molecule has 8 heteroatoms. The predicted octanol–water partition coefficient (Wildman–Crippen LogP) is 1.74. The molecule has 1 N–H and O–H groups in total. The van der Waals surface area contributed by atoms with Crippen LogP contribution < -0.4 is 0 Å². The minimum absolute atomic E-state index is 0.0262. The molecule has 2 aromatic heterocycles. The van der Waals surface area contributed by atoms with Crippen molar-refractivity contribution < 1.29 is 19.2 Å². The fourth-order valence-electron chi connectivity index (χ4n) is 3.13. The second kappa shape index (κ2) is 7.97. The summed E-state index contributed by atoms with van der Waals surface area (Å²) in [4.78, 5) is 30.6. The summed E-state index contributed by atoms with van der Waals surface area (Å²) >= 11 is 5.75. The van der Waals surface area contributed by atoms with Crippen LogP contribution in [0.1, 0.15) is 29.9 Å². The Morgan fingerprint density at radius 3 is 2.88 bits per heavy atom. The lowest BCUT2D eigenvalue weighted by molar-refractivity contribution is -0.137. The van der Waals surface area contributed by atoms with Crippen molar-refractivity contribution >= 4 is 23.3 Å². The van der Waals surface area contributed by atoms with Crippen molar-refractivity contribution in [3.05, 3.63) is 46.6 Å². The molecular weight excluding hydrogens is 358 g/mol. The molecule has 26 heavy (non-hydrogen) atoms. The molecular formula is C18H20ClN3O4. The van der Waals surface area contributed by atoms with E-state index in [0.717, 1.165) is 5.56 Å². The Hall–Kier alpha value is -2.25. The van der Waals surface area contributed by atoms with E-state index in [-0.39, 0.29) is 37.5 Å². The number of aliphatic hydroxyl groups is 1. The molecule has 2 atom stereocenters. The molecule has 0 saturated carbocycles. The zero-order valence-corrected chi connectivity index (χ0v) is 15.1. The van der Waals surface area contributed by atoms with Crippen molar-refractivity contribution in [2.24, 2.45) is 0 Å². The molecule has 0 unspecified atom stereocenters. The third kappa shape index (κ3) is 4.47. The van der Waals surface area contributed by atoms with Crippen LogP contribution >= 0.6 is 11.6 Å². The molecule has 7 nitrogen and oxygen atoms in total. The number of β-amino-alcohol motifs (C(OH)–C–C–N with tert-alkyl or cyclic N) is 1. The number of aromatic nitrogens is 2. The molecule has 1 saturated heterocycles. The number of carbonyl (C=O) groups is 2. The van der Waals surface area contributed by atoms with E-state index in [1.54, 1.807) is 25.3 Å². The lowest BCUT2D eigenvalue weighted by atomic mass is 10.0. The van der Waals surface area contributed by atoms with Crippen LogP contribution in [-0.2, 0) is 22.4 Å². The van der Waals surface area contributed by atoms with Gasteiger partial charge in [-0.2, -0.15) is 0 Å². The van der Waals surface area contributed by atoms with E-state index in [4.69, 9.17) is 16.1 Å². The topological polar surface area (TPSA) is 96.5 Å². The average Bonchev–Trinajstić information content (AvgIpc) is 3.19. The molecule has 3 heterocycles. The average molecular weight is 378 g/mol. The molecule has 1 amide bonds. The molecule has 0 bridgehead atoms. The maximum atomic E-state index is 12.6. The van der Waals surface area contributed by atoms with Crippen LogP contribution in [0.4, 0.5) is 0 Å². The summed E-state index contributed by atoms with van der Waals surface area (Å²) in [6.45, 7) is 1.93. The molecule has 0 aliphatic carbocycles. The summed E-state index contributed by atoms with van der Waals surface area (Å²) < 4.78 is 5.07. The van der Waals surface area contributed by atoms with Crippen molar-refractivity contribution in [1.29, 1.82) is 0 Å². The van der Waals surface area contributed by atoms with E-state index in [0.29, 0.717) is 23.0 Å². The van der Waals surface area contributed by atoms with Gasteiger partial charge in [0.1, 0.15) is 10.9 Å². The molecule has 138 valence electrons. The van der Waals surface area contributed by atoms with Crippen molar-refractivity contribution in [3.63, 3.8) is 0 Å². The number of rotatable bonds is 6. The molecule has 0 radical (unpaired) electrons. The first-order chi connectivity index (χ1) is 12.4. The molecule has 1 fully saturated rings. The monoisotopic (exact) mass is 377 g/mol. The standard InChI is InChI=1S/C18H20ClN3O4/c1-11-6-14(26-21-11)8-18(25)22-10-13(23)7-15(22)16(24)4-2-12-3-5-17(19)20-9-12/h3,5-6,9,13,15,23H,2,4,7-8,10H2,1H3/t13-,15+/m1/s1. The van der Waals surface area contributed by atoms with Crippen molar-refractivity contribution in [2.75, 3.05) is 6.54 Å². The van der Waals surface area contributed by atoms with Crippen LogP contribution in [0, 0.1) is 6.92 Å². The van der Waals surface area contributed by atoms with Gasteiger partial charge in [-0.3, -0.25) is 9.59 Å². The van der Waals surface area contributed by atoms with Gasteiger partial charge in [0, 0.05) is 31.6 Å². The number of hydrogen-bond donors (Lipinski definition) is 1. The molecule has 1 aliphatic rings. The number of aliphatic hydroxyl groups excluding tert-OH is 1. The van der Waals surface area contributed by atoms with Crippen LogP contribution in [0.25, 0.3) is 0 Å². The Bertz CT molecular complexity index is 790. The van der Waals surface area contributed by atoms with Gasteiger partial charge in [-0.1, -0.05) is 22.8 Å². The van der Waals surface area contributed by atoms with Gasteiger partial charge in [0.15, 0.2) is 5.78 Å². The van der Waals surface area contributed by atoms with Crippen LogP contribution in [0.2, 0.25) is 5.15 Å². The number of nitrogens with zero attached hydrogens (tertiary/aromatic N) is 3. The van der Waals surface area contributed by atoms with Crippen LogP contribution in [0.5, 0.6) is 0 Å². The van der Waals surface area contributed by atoms with Gasteiger partial charge in [0.05, 0.1) is 24.3 Å². The van der Waals surface area contributed by atoms with E-state index in [2.05, 4.69) is 10.1 Å². The normalized spacial score (nSPS) is 19.7. The van der Waals surface area contributed by atoms with Gasteiger partial charge in [-0.05, 0) is 25.0 Å². The van der Waals surface area contributed by atoms with E-state index < -0.39 is 12.1 Å². The molecule has 2 aromatic rings. The third-order valence-corrected chi connectivity index (χ3v) is 4.65. The van der Waals surface area contributed by atoms with Crippen LogP contribution in [0.3, 0.4) is 0 Å². The van der Waals surface area contributed by atoms with Gasteiger partial charge >= 0.3 is 0 Å². The fourth-order valence-corrected chi connectivity index (χ4v) is 3.25. The van der Waals surface area contributed by atoms with E-state index in [9.17, 15) is 14.7 Å². The first-order valence-corrected chi connectivity index (χ1v) is 8.83. The summed E-state index contributed by atoms with van der Waals surface area (Å²) in [5, 5.41) is 14.1. The number of ketones is 1. The largest absolute Gasteiger partial charge is 0.391 e. The lowest BCUT2D eigenvalue weighted by Gasteiger charge is -2.23. The minimum atomic E-state index is -0.693. The summed E-state index contributed by atoms with van der Waals surface area (Å²) in [6.07, 6.45) is 2.01. The number of likely N-dealkylation sites (tertiary alicyclic amines) is 1. The minimum Gasteiger partial charge on any atom is -0.391 e. The highest BCUT2D eigenvalue weighted by Crippen LogP contribution is 2.22. The second-order valence-electron chi connectivity index (χ2n) is 6.52. The Kier molecular flexibility index (Phi) is 5.68. The summed E-state index contributed by atoms with van der Waals surface area (Å²) in [5.74, 6) is 0.134. The van der Waals surface area contributed by atoms with E-state index in [1.165, 1.54) is 4.90 Å². The fraction of sp³-hybridized carbons (Fsp3) is 0.444. The second-order valence-corrected chi connectivity index (χ2v) is 6.91. The molecule has 0 spiro atoms. The van der Waals surface area contributed by atoms with Crippen LogP contribution in [-0.4, -0.2) is 50.5 Å². The quantitative estimate of drug-likeness (QED) is 0.770. The Morgan fingerprint density at radius 1 is 1.42 bits per heavy atom. The number of amides is 1. The van der Waals surface area contributed by atoms with Gasteiger partial charge in [0.2, 0.25) is 5.91 Å².